The molecule has 3 rings (SSSR count). The molecule has 1 aliphatic heterocycles. The molecule has 0 saturated carbocycles. The molecule has 10 heteroatoms. The molecule has 29 heavy (non-hydrogen) atoms. The molecule has 1 fully saturated rings. The van der Waals surface area contributed by atoms with E-state index in [1.807, 2.05) is 6.92 Å². The summed E-state index contributed by atoms with van der Waals surface area (Å²) in [6.45, 7) is 3.75. The van der Waals surface area contributed by atoms with Gasteiger partial charge in [-0.15, -0.1) is 13.2 Å². The predicted molar refractivity (Wildman–Crippen MR) is 102 cm³/mol. The summed E-state index contributed by atoms with van der Waals surface area (Å²) in [5.41, 5.74) is 1.31. The summed E-state index contributed by atoms with van der Waals surface area (Å²) in [6, 6.07) is 6.42. The lowest BCUT2D eigenvalue weighted by Gasteiger charge is -2.27. The first-order chi connectivity index (χ1) is 13.8. The van der Waals surface area contributed by atoms with Crippen molar-refractivity contribution in [3.63, 3.8) is 0 Å². The van der Waals surface area contributed by atoms with Gasteiger partial charge in [0.15, 0.2) is 5.75 Å². The topological polar surface area (TPSA) is 79.4 Å². The minimum absolute atomic E-state index is 0.0878. The molecule has 7 nitrogen and oxygen atoms in total. The summed E-state index contributed by atoms with van der Waals surface area (Å²) in [5.74, 6) is 0.145. The summed E-state index contributed by atoms with van der Waals surface area (Å²) < 4.78 is 41.4. The molecular formula is C19H22F3N5O2. The van der Waals surface area contributed by atoms with E-state index in [2.05, 4.69) is 30.2 Å². The molecule has 1 aromatic heterocycles. The van der Waals surface area contributed by atoms with Crippen molar-refractivity contribution in [1.29, 1.82) is 0 Å². The monoisotopic (exact) mass is 409 g/mol. The van der Waals surface area contributed by atoms with Crippen LogP contribution in [0.4, 0.5) is 29.6 Å². The van der Waals surface area contributed by atoms with E-state index in [1.54, 1.807) is 6.07 Å². The first kappa shape index (κ1) is 20.7. The third kappa shape index (κ3) is 6.23. The maximum absolute atomic E-state index is 12.5. The Kier molecular flexibility index (Phi) is 6.40. The molecule has 0 aliphatic carbocycles. The number of amides is 2. The molecule has 1 saturated heterocycles. The molecule has 0 atom stereocenters. The zero-order valence-corrected chi connectivity index (χ0v) is 15.9. The van der Waals surface area contributed by atoms with Crippen LogP contribution in [-0.4, -0.2) is 35.5 Å². The van der Waals surface area contributed by atoms with E-state index in [0.29, 0.717) is 11.6 Å². The van der Waals surface area contributed by atoms with E-state index in [4.69, 9.17) is 0 Å². The molecule has 0 radical (unpaired) electrons. The number of nitrogens with one attached hydrogen (secondary N) is 2. The van der Waals surface area contributed by atoms with E-state index in [9.17, 15) is 18.0 Å². The number of para-hydroxylation sites is 2. The van der Waals surface area contributed by atoms with Crippen LogP contribution in [-0.2, 0) is 6.54 Å². The zero-order valence-electron chi connectivity index (χ0n) is 15.9. The van der Waals surface area contributed by atoms with Gasteiger partial charge in [-0.3, -0.25) is 0 Å². The number of hydrogen-bond acceptors (Lipinski definition) is 5. The normalized spacial score (nSPS) is 14.4. The van der Waals surface area contributed by atoms with Gasteiger partial charge in [0.1, 0.15) is 0 Å². The number of aromatic nitrogens is 2. The second-order valence-electron chi connectivity index (χ2n) is 6.70. The second kappa shape index (κ2) is 8.97. The number of anilines is 2. The number of benzene rings is 1. The number of rotatable bonds is 5. The zero-order chi connectivity index (χ0) is 20.9. The highest BCUT2D eigenvalue weighted by Crippen LogP contribution is 2.29. The summed E-state index contributed by atoms with van der Waals surface area (Å²) in [4.78, 5) is 23.2. The largest absolute Gasteiger partial charge is 0.573 e. The number of halogens is 3. The van der Waals surface area contributed by atoms with E-state index in [0.717, 1.165) is 37.7 Å². The number of hydrogen-bond donors (Lipinski definition) is 2. The number of urea groups is 1. The van der Waals surface area contributed by atoms with Crippen LogP contribution in [0.25, 0.3) is 0 Å². The smallest absolute Gasteiger partial charge is 0.404 e. The van der Waals surface area contributed by atoms with Crippen molar-refractivity contribution in [2.24, 2.45) is 0 Å². The summed E-state index contributed by atoms with van der Waals surface area (Å²) in [6.07, 6.45) is -1.48. The van der Waals surface area contributed by atoms with Crippen LogP contribution in [0, 0.1) is 6.92 Å². The molecule has 0 unspecified atom stereocenters. The van der Waals surface area contributed by atoms with Crippen molar-refractivity contribution in [3.8, 4) is 5.75 Å². The Bertz CT molecular complexity index is 854. The highest BCUT2D eigenvalue weighted by atomic mass is 19.4. The minimum Gasteiger partial charge on any atom is -0.404 e. The van der Waals surface area contributed by atoms with Crippen LogP contribution in [0.3, 0.4) is 0 Å². The van der Waals surface area contributed by atoms with Crippen LogP contribution in [0.1, 0.15) is 30.7 Å². The van der Waals surface area contributed by atoms with Gasteiger partial charge in [-0.05, 0) is 44.4 Å². The minimum atomic E-state index is -4.85. The molecule has 156 valence electrons. The van der Waals surface area contributed by atoms with E-state index in [1.165, 1.54) is 24.6 Å². The van der Waals surface area contributed by atoms with Gasteiger partial charge in [-0.25, -0.2) is 14.8 Å². The van der Waals surface area contributed by atoms with Crippen molar-refractivity contribution in [3.05, 3.63) is 41.7 Å². The van der Waals surface area contributed by atoms with Crippen molar-refractivity contribution in [2.75, 3.05) is 23.3 Å². The molecule has 2 amide bonds. The Morgan fingerprint density at radius 2 is 1.90 bits per heavy atom. The van der Waals surface area contributed by atoms with Gasteiger partial charge in [0.05, 0.1) is 17.9 Å². The average Bonchev–Trinajstić information content (AvgIpc) is 2.67. The highest BCUT2D eigenvalue weighted by molar-refractivity contribution is 5.90. The van der Waals surface area contributed by atoms with Gasteiger partial charge in [0.2, 0.25) is 5.95 Å². The Balaban J connectivity index is 1.62. The Labute approximate surface area is 166 Å². The SMILES string of the molecule is Cc1cc(CNC(=O)Nc2ccccc2OC(F)(F)F)nc(N2CCCCC2)n1. The Morgan fingerprint density at radius 1 is 1.17 bits per heavy atom. The van der Waals surface area contributed by atoms with Gasteiger partial charge in [0, 0.05) is 18.8 Å². The fraction of sp³-hybridized carbons (Fsp3) is 0.421. The number of carbonyl (C=O) groups is 1. The maximum Gasteiger partial charge on any atom is 0.573 e. The van der Waals surface area contributed by atoms with E-state index < -0.39 is 18.1 Å². The molecule has 1 aliphatic rings. The number of nitrogens with zero attached hydrogens (tertiary/aromatic N) is 3. The van der Waals surface area contributed by atoms with Gasteiger partial charge >= 0.3 is 12.4 Å². The van der Waals surface area contributed by atoms with Gasteiger partial charge in [-0.2, -0.15) is 0 Å². The predicted octanol–water partition coefficient (Wildman–Crippen LogP) is 4.00. The molecular weight excluding hydrogens is 387 g/mol. The van der Waals surface area contributed by atoms with Crippen LogP contribution >= 0.6 is 0 Å². The van der Waals surface area contributed by atoms with Crippen LogP contribution in [0.5, 0.6) is 5.75 Å². The van der Waals surface area contributed by atoms with Crippen molar-refractivity contribution in [2.45, 2.75) is 39.1 Å². The fourth-order valence-electron chi connectivity index (χ4n) is 3.06. The number of piperidine rings is 1. The van der Waals surface area contributed by atoms with E-state index >= 15 is 0 Å². The Hall–Kier alpha value is -3.04. The van der Waals surface area contributed by atoms with Gasteiger partial charge in [-0.1, -0.05) is 12.1 Å². The number of alkyl halides is 3. The van der Waals surface area contributed by atoms with Crippen LogP contribution in [0.2, 0.25) is 0 Å². The van der Waals surface area contributed by atoms with Crippen molar-refractivity contribution < 1.29 is 22.7 Å². The third-order valence-corrected chi connectivity index (χ3v) is 4.33. The second-order valence-corrected chi connectivity index (χ2v) is 6.70. The lowest BCUT2D eigenvalue weighted by molar-refractivity contribution is -0.274. The van der Waals surface area contributed by atoms with Crippen LogP contribution < -0.4 is 20.3 Å². The summed E-state index contributed by atoms with van der Waals surface area (Å²) >= 11 is 0. The first-order valence-corrected chi connectivity index (χ1v) is 9.29. The van der Waals surface area contributed by atoms with Crippen molar-refractivity contribution >= 4 is 17.7 Å². The molecule has 0 spiro atoms. The summed E-state index contributed by atoms with van der Waals surface area (Å²) in [7, 11) is 0. The molecule has 1 aromatic carbocycles. The number of aryl methyl sites for hydroxylation is 1. The maximum atomic E-state index is 12.5. The quantitative estimate of drug-likeness (QED) is 0.781. The number of carbonyl (C=O) groups excluding carboxylic acids is 1. The average molecular weight is 409 g/mol. The molecule has 2 aromatic rings. The lowest BCUT2D eigenvalue weighted by atomic mass is 10.1. The van der Waals surface area contributed by atoms with Gasteiger partial charge < -0.3 is 20.3 Å². The summed E-state index contributed by atoms with van der Waals surface area (Å²) in [5, 5.41) is 4.97. The number of ether oxygens (including phenoxy) is 1. The first-order valence-electron chi connectivity index (χ1n) is 9.29. The third-order valence-electron chi connectivity index (χ3n) is 4.33. The van der Waals surface area contributed by atoms with E-state index in [-0.39, 0.29) is 12.2 Å². The molecule has 2 heterocycles. The lowest BCUT2D eigenvalue weighted by Crippen LogP contribution is -2.32. The molecule has 2 N–H and O–H groups in total. The Morgan fingerprint density at radius 3 is 2.62 bits per heavy atom. The fourth-order valence-corrected chi connectivity index (χ4v) is 3.06. The highest BCUT2D eigenvalue weighted by Gasteiger charge is 2.32. The molecule has 0 bridgehead atoms. The van der Waals surface area contributed by atoms with Crippen LogP contribution in [0.15, 0.2) is 30.3 Å². The van der Waals surface area contributed by atoms with Gasteiger partial charge in [0.25, 0.3) is 0 Å². The van der Waals surface area contributed by atoms with Crippen molar-refractivity contribution in [1.82, 2.24) is 15.3 Å². The standard InChI is InChI=1S/C19H22F3N5O2/c1-13-11-14(25-17(24-13)27-9-5-2-6-10-27)12-23-18(28)26-15-7-3-4-8-16(15)29-19(20,21)22/h3-4,7-8,11H,2,5-6,9-10,12H2,1H3,(H2,23,26,28).